The SMILES string of the molecule is CCC(C)CC(O)CC1CC1. The van der Waals surface area contributed by atoms with E-state index in [1.807, 2.05) is 0 Å². The number of hydrogen-bond donors (Lipinski definition) is 1. The summed E-state index contributed by atoms with van der Waals surface area (Å²) >= 11 is 0. The minimum Gasteiger partial charge on any atom is -0.393 e. The van der Waals surface area contributed by atoms with E-state index in [0.717, 1.165) is 18.8 Å². The quantitative estimate of drug-likeness (QED) is 0.648. The first kappa shape index (κ1) is 9.05. The van der Waals surface area contributed by atoms with Crippen molar-refractivity contribution in [1.29, 1.82) is 0 Å². The van der Waals surface area contributed by atoms with Crippen LogP contribution in [-0.2, 0) is 0 Å². The van der Waals surface area contributed by atoms with Crippen LogP contribution in [0, 0.1) is 11.8 Å². The molecular weight excluding hydrogens is 136 g/mol. The van der Waals surface area contributed by atoms with E-state index >= 15 is 0 Å². The van der Waals surface area contributed by atoms with Gasteiger partial charge in [0.25, 0.3) is 0 Å². The van der Waals surface area contributed by atoms with Crippen LogP contribution in [0.1, 0.15) is 46.0 Å². The molecule has 0 aromatic rings. The average molecular weight is 156 g/mol. The zero-order valence-electron chi connectivity index (χ0n) is 7.71. The van der Waals surface area contributed by atoms with E-state index in [9.17, 15) is 5.11 Å². The predicted octanol–water partition coefficient (Wildman–Crippen LogP) is 2.58. The summed E-state index contributed by atoms with van der Waals surface area (Å²) in [6, 6.07) is 0. The van der Waals surface area contributed by atoms with E-state index in [-0.39, 0.29) is 6.10 Å². The van der Waals surface area contributed by atoms with Gasteiger partial charge < -0.3 is 5.11 Å². The van der Waals surface area contributed by atoms with Crippen molar-refractivity contribution in [1.82, 2.24) is 0 Å². The summed E-state index contributed by atoms with van der Waals surface area (Å²) in [5, 5.41) is 9.56. The standard InChI is InChI=1S/C10H20O/c1-3-8(2)6-10(11)7-9-4-5-9/h8-11H,3-7H2,1-2H3. The molecule has 0 saturated heterocycles. The Morgan fingerprint density at radius 2 is 2.09 bits per heavy atom. The van der Waals surface area contributed by atoms with Crippen LogP contribution in [0.25, 0.3) is 0 Å². The highest BCUT2D eigenvalue weighted by Gasteiger charge is 2.24. The van der Waals surface area contributed by atoms with E-state index in [1.165, 1.54) is 19.3 Å². The molecule has 0 spiro atoms. The first-order valence-electron chi connectivity index (χ1n) is 4.90. The normalized spacial score (nSPS) is 23.2. The second-order valence-corrected chi connectivity index (χ2v) is 4.08. The molecule has 0 aromatic heterocycles. The Hall–Kier alpha value is -0.0400. The molecule has 0 heterocycles. The summed E-state index contributed by atoms with van der Waals surface area (Å²) in [7, 11) is 0. The Labute approximate surface area is 69.8 Å². The van der Waals surface area contributed by atoms with Crippen molar-refractivity contribution in [3.8, 4) is 0 Å². The van der Waals surface area contributed by atoms with Gasteiger partial charge in [0.1, 0.15) is 0 Å². The van der Waals surface area contributed by atoms with Crippen molar-refractivity contribution in [2.75, 3.05) is 0 Å². The first-order valence-corrected chi connectivity index (χ1v) is 4.90. The van der Waals surface area contributed by atoms with E-state index in [2.05, 4.69) is 13.8 Å². The number of rotatable bonds is 5. The van der Waals surface area contributed by atoms with E-state index in [4.69, 9.17) is 0 Å². The Morgan fingerprint density at radius 1 is 1.45 bits per heavy atom. The van der Waals surface area contributed by atoms with Gasteiger partial charge in [-0.25, -0.2) is 0 Å². The smallest absolute Gasteiger partial charge is 0.0545 e. The van der Waals surface area contributed by atoms with Gasteiger partial charge in [-0.1, -0.05) is 33.1 Å². The summed E-state index contributed by atoms with van der Waals surface area (Å²) < 4.78 is 0. The lowest BCUT2D eigenvalue weighted by Crippen LogP contribution is -2.11. The molecule has 1 aliphatic rings. The highest BCUT2D eigenvalue weighted by molar-refractivity contribution is 4.76. The van der Waals surface area contributed by atoms with Gasteiger partial charge in [0, 0.05) is 0 Å². The molecule has 0 aliphatic heterocycles. The Balaban J connectivity index is 2.03. The van der Waals surface area contributed by atoms with E-state index in [0.29, 0.717) is 5.92 Å². The number of hydrogen-bond acceptors (Lipinski definition) is 1. The van der Waals surface area contributed by atoms with Crippen LogP contribution in [0.5, 0.6) is 0 Å². The first-order chi connectivity index (χ1) is 5.22. The fourth-order valence-electron chi connectivity index (χ4n) is 1.47. The average Bonchev–Trinajstić information content (AvgIpc) is 2.71. The van der Waals surface area contributed by atoms with E-state index < -0.39 is 0 Å². The van der Waals surface area contributed by atoms with Crippen molar-refractivity contribution < 1.29 is 5.11 Å². The van der Waals surface area contributed by atoms with Crippen LogP contribution in [0.2, 0.25) is 0 Å². The lowest BCUT2D eigenvalue weighted by atomic mass is 9.98. The third-order valence-electron chi connectivity index (χ3n) is 2.67. The van der Waals surface area contributed by atoms with Crippen molar-refractivity contribution in [2.45, 2.75) is 52.1 Å². The van der Waals surface area contributed by atoms with Crippen LogP contribution < -0.4 is 0 Å². The molecule has 1 N–H and O–H groups in total. The van der Waals surface area contributed by atoms with Crippen molar-refractivity contribution in [3.05, 3.63) is 0 Å². The predicted molar refractivity (Wildman–Crippen MR) is 47.4 cm³/mol. The summed E-state index contributed by atoms with van der Waals surface area (Å²) in [6.45, 7) is 4.41. The van der Waals surface area contributed by atoms with Gasteiger partial charge in [-0.2, -0.15) is 0 Å². The fraction of sp³-hybridized carbons (Fsp3) is 1.00. The minimum absolute atomic E-state index is 0.0163. The largest absolute Gasteiger partial charge is 0.393 e. The molecule has 1 saturated carbocycles. The summed E-state index contributed by atoms with van der Waals surface area (Å²) in [5.74, 6) is 1.57. The molecular formula is C10H20O. The zero-order valence-corrected chi connectivity index (χ0v) is 7.71. The van der Waals surface area contributed by atoms with Gasteiger partial charge in [-0.05, 0) is 24.7 Å². The van der Waals surface area contributed by atoms with Crippen LogP contribution in [0.3, 0.4) is 0 Å². The molecule has 0 aromatic carbocycles. The van der Waals surface area contributed by atoms with Crippen LogP contribution in [0.15, 0.2) is 0 Å². The molecule has 0 radical (unpaired) electrons. The second-order valence-electron chi connectivity index (χ2n) is 4.08. The molecule has 1 fully saturated rings. The number of aliphatic hydroxyl groups is 1. The summed E-state index contributed by atoms with van der Waals surface area (Å²) in [6.07, 6.45) is 5.96. The maximum Gasteiger partial charge on any atom is 0.0545 e. The Kier molecular flexibility index (Phi) is 3.38. The van der Waals surface area contributed by atoms with Crippen molar-refractivity contribution in [2.24, 2.45) is 11.8 Å². The lowest BCUT2D eigenvalue weighted by molar-refractivity contribution is 0.129. The monoisotopic (exact) mass is 156 g/mol. The molecule has 11 heavy (non-hydrogen) atoms. The molecule has 1 aliphatic carbocycles. The van der Waals surface area contributed by atoms with Crippen molar-refractivity contribution >= 4 is 0 Å². The van der Waals surface area contributed by atoms with Gasteiger partial charge in [0.05, 0.1) is 6.10 Å². The molecule has 0 amide bonds. The van der Waals surface area contributed by atoms with Gasteiger partial charge in [-0.15, -0.1) is 0 Å². The third-order valence-corrected chi connectivity index (χ3v) is 2.67. The summed E-state index contributed by atoms with van der Waals surface area (Å²) in [4.78, 5) is 0. The molecule has 2 unspecified atom stereocenters. The van der Waals surface area contributed by atoms with Crippen LogP contribution in [-0.4, -0.2) is 11.2 Å². The van der Waals surface area contributed by atoms with Gasteiger partial charge in [0.15, 0.2) is 0 Å². The van der Waals surface area contributed by atoms with Gasteiger partial charge in [0.2, 0.25) is 0 Å². The van der Waals surface area contributed by atoms with Gasteiger partial charge in [-0.3, -0.25) is 0 Å². The molecule has 0 bridgehead atoms. The lowest BCUT2D eigenvalue weighted by Gasteiger charge is -2.13. The molecule has 1 rings (SSSR count). The Morgan fingerprint density at radius 3 is 2.55 bits per heavy atom. The minimum atomic E-state index is -0.0163. The zero-order chi connectivity index (χ0) is 8.27. The van der Waals surface area contributed by atoms with Gasteiger partial charge >= 0.3 is 0 Å². The molecule has 2 atom stereocenters. The fourth-order valence-corrected chi connectivity index (χ4v) is 1.47. The molecule has 1 heteroatoms. The highest BCUT2D eigenvalue weighted by Crippen LogP contribution is 2.34. The topological polar surface area (TPSA) is 20.2 Å². The third kappa shape index (κ3) is 3.76. The van der Waals surface area contributed by atoms with E-state index in [1.54, 1.807) is 0 Å². The van der Waals surface area contributed by atoms with Crippen LogP contribution >= 0.6 is 0 Å². The second kappa shape index (κ2) is 4.10. The maximum atomic E-state index is 9.56. The molecule has 1 nitrogen and oxygen atoms in total. The van der Waals surface area contributed by atoms with Crippen LogP contribution in [0.4, 0.5) is 0 Å². The maximum absolute atomic E-state index is 9.56. The van der Waals surface area contributed by atoms with Crippen molar-refractivity contribution in [3.63, 3.8) is 0 Å². The highest BCUT2D eigenvalue weighted by atomic mass is 16.3. The number of aliphatic hydroxyl groups excluding tert-OH is 1. The molecule has 66 valence electrons. The Bertz CT molecular complexity index is 107. The summed E-state index contributed by atoms with van der Waals surface area (Å²) in [5.41, 5.74) is 0.